The lowest BCUT2D eigenvalue weighted by atomic mass is 10.0. The minimum absolute atomic E-state index is 0.660. The molecule has 184 valence electrons. The molecule has 2 aromatic carbocycles. The zero-order chi connectivity index (χ0) is 24.9. The molecule has 2 N–H and O–H groups in total. The number of piperidine rings is 1. The zero-order valence-electron chi connectivity index (χ0n) is 19.9. The number of carboxylic acids is 2. The Morgan fingerprint density at radius 1 is 0.800 bits per heavy atom. The molecule has 1 fully saturated rings. The first kappa shape index (κ1) is 26.1. The van der Waals surface area contributed by atoms with E-state index in [4.69, 9.17) is 19.8 Å². The summed E-state index contributed by atoms with van der Waals surface area (Å²) in [5, 5.41) is 14.8. The highest BCUT2D eigenvalue weighted by atomic mass is 16.4. The Labute approximate surface area is 206 Å². The largest absolute Gasteiger partial charge is 0.473 e. The quantitative estimate of drug-likeness (QED) is 0.477. The summed E-state index contributed by atoms with van der Waals surface area (Å²) in [7, 11) is 0. The summed E-state index contributed by atoms with van der Waals surface area (Å²) in [6.07, 6.45) is 7.39. The first-order chi connectivity index (χ1) is 17.0. The normalized spacial score (nSPS) is 14.2. The van der Waals surface area contributed by atoms with E-state index in [1.807, 2.05) is 12.4 Å². The Bertz CT molecular complexity index is 1010. The Balaban J connectivity index is 0.000000509. The van der Waals surface area contributed by atoms with Crippen molar-refractivity contribution in [2.45, 2.75) is 38.4 Å². The molecule has 1 saturated heterocycles. The van der Waals surface area contributed by atoms with Crippen LogP contribution in [0.5, 0.6) is 0 Å². The molecule has 0 atom stereocenters. The lowest BCUT2D eigenvalue weighted by Gasteiger charge is -2.39. The van der Waals surface area contributed by atoms with Crippen molar-refractivity contribution in [3.05, 3.63) is 102 Å². The van der Waals surface area contributed by atoms with E-state index in [1.54, 1.807) is 0 Å². The number of nitrogens with zero attached hydrogens (tertiary/aromatic N) is 3. The van der Waals surface area contributed by atoms with Gasteiger partial charge in [0.25, 0.3) is 0 Å². The van der Waals surface area contributed by atoms with Gasteiger partial charge in [-0.1, -0.05) is 60.7 Å². The van der Waals surface area contributed by atoms with E-state index in [1.165, 1.54) is 42.6 Å². The maximum atomic E-state index is 9.10. The number of aliphatic carboxylic acids is 2. The zero-order valence-corrected chi connectivity index (χ0v) is 19.9. The van der Waals surface area contributed by atoms with Crippen LogP contribution < -0.4 is 0 Å². The van der Waals surface area contributed by atoms with E-state index in [0.717, 1.165) is 26.1 Å². The van der Waals surface area contributed by atoms with Crippen LogP contribution in [0.25, 0.3) is 0 Å². The number of benzene rings is 2. The fourth-order valence-electron chi connectivity index (χ4n) is 4.32. The molecular weight excluding hydrogens is 442 g/mol. The fraction of sp³-hybridized carbons (Fsp3) is 0.321. The number of aromatic nitrogens is 1. The van der Waals surface area contributed by atoms with Gasteiger partial charge in [0, 0.05) is 38.1 Å². The summed E-state index contributed by atoms with van der Waals surface area (Å²) in [6.45, 7) is 5.54. The second-order valence-electron chi connectivity index (χ2n) is 8.66. The SMILES string of the molecule is O=C(O)C(=O)O.c1ccc(CCN(Cc2ccccc2)C2CCN(Cc3ccncc3)CC2)cc1. The molecule has 0 amide bonds. The lowest BCUT2D eigenvalue weighted by Crippen LogP contribution is -2.45. The predicted molar refractivity (Wildman–Crippen MR) is 135 cm³/mol. The van der Waals surface area contributed by atoms with Crippen molar-refractivity contribution < 1.29 is 19.8 Å². The average molecular weight is 476 g/mol. The molecule has 0 saturated carbocycles. The van der Waals surface area contributed by atoms with Crippen molar-refractivity contribution in [3.63, 3.8) is 0 Å². The maximum Gasteiger partial charge on any atom is 0.414 e. The third kappa shape index (κ3) is 9.31. The summed E-state index contributed by atoms with van der Waals surface area (Å²) < 4.78 is 0. The smallest absolute Gasteiger partial charge is 0.414 e. The minimum Gasteiger partial charge on any atom is -0.473 e. The topological polar surface area (TPSA) is 94.0 Å². The number of pyridine rings is 1. The molecule has 0 spiro atoms. The standard InChI is InChI=1S/C26H31N3.C2H2O4/c1-3-7-23(8-4-1)13-20-29(22-24-9-5-2-6-10-24)26-14-18-28(19-15-26)21-25-11-16-27-17-12-25;3-1(4)2(5)6/h1-12,16-17,26H,13-15,18-22H2;(H,3,4)(H,5,6). The Morgan fingerprint density at radius 3 is 1.89 bits per heavy atom. The van der Waals surface area contributed by atoms with Gasteiger partial charge in [0.15, 0.2) is 0 Å². The highest BCUT2D eigenvalue weighted by molar-refractivity contribution is 6.27. The van der Waals surface area contributed by atoms with Crippen LogP contribution in [0.4, 0.5) is 0 Å². The Kier molecular flexibility index (Phi) is 10.4. The van der Waals surface area contributed by atoms with Gasteiger partial charge in [-0.2, -0.15) is 0 Å². The predicted octanol–water partition coefficient (Wildman–Crippen LogP) is 3.95. The van der Waals surface area contributed by atoms with Gasteiger partial charge in [-0.25, -0.2) is 9.59 Å². The number of rotatable bonds is 8. The summed E-state index contributed by atoms with van der Waals surface area (Å²) in [4.78, 5) is 27.6. The van der Waals surface area contributed by atoms with Gasteiger partial charge < -0.3 is 10.2 Å². The molecule has 1 aliphatic heterocycles. The summed E-state index contributed by atoms with van der Waals surface area (Å²) in [5.41, 5.74) is 4.21. The van der Waals surface area contributed by atoms with Crippen LogP contribution in [0.2, 0.25) is 0 Å². The van der Waals surface area contributed by atoms with Gasteiger partial charge in [0.2, 0.25) is 0 Å². The van der Waals surface area contributed by atoms with E-state index < -0.39 is 11.9 Å². The van der Waals surface area contributed by atoms with Crippen LogP contribution >= 0.6 is 0 Å². The lowest BCUT2D eigenvalue weighted by molar-refractivity contribution is -0.159. The average Bonchev–Trinajstić information content (AvgIpc) is 2.89. The van der Waals surface area contributed by atoms with Crippen LogP contribution in [0.1, 0.15) is 29.5 Å². The second-order valence-corrected chi connectivity index (χ2v) is 8.66. The van der Waals surface area contributed by atoms with Gasteiger partial charge >= 0.3 is 11.9 Å². The van der Waals surface area contributed by atoms with Gasteiger partial charge in [-0.15, -0.1) is 0 Å². The van der Waals surface area contributed by atoms with Crippen molar-refractivity contribution in [2.24, 2.45) is 0 Å². The van der Waals surface area contributed by atoms with Gasteiger partial charge in [-0.05, 0) is 61.2 Å². The molecule has 4 rings (SSSR count). The molecule has 3 aromatic rings. The highest BCUT2D eigenvalue weighted by Gasteiger charge is 2.24. The van der Waals surface area contributed by atoms with Crippen molar-refractivity contribution >= 4 is 11.9 Å². The van der Waals surface area contributed by atoms with Gasteiger partial charge in [0.05, 0.1) is 0 Å². The second kappa shape index (κ2) is 14.0. The summed E-state index contributed by atoms with van der Waals surface area (Å²) >= 11 is 0. The van der Waals surface area contributed by atoms with E-state index >= 15 is 0 Å². The van der Waals surface area contributed by atoms with Crippen LogP contribution in [-0.4, -0.2) is 62.6 Å². The molecule has 0 aliphatic carbocycles. The molecule has 7 heteroatoms. The number of carboxylic acid groups (broad SMARTS) is 2. The Morgan fingerprint density at radius 2 is 1.34 bits per heavy atom. The van der Waals surface area contributed by atoms with Crippen LogP contribution in [0.15, 0.2) is 85.2 Å². The van der Waals surface area contributed by atoms with E-state index in [-0.39, 0.29) is 0 Å². The minimum atomic E-state index is -1.82. The number of hydrogen-bond acceptors (Lipinski definition) is 5. The fourth-order valence-corrected chi connectivity index (χ4v) is 4.32. The van der Waals surface area contributed by atoms with Gasteiger partial charge in [-0.3, -0.25) is 14.8 Å². The molecule has 1 aliphatic rings. The van der Waals surface area contributed by atoms with E-state index in [2.05, 4.69) is 87.6 Å². The highest BCUT2D eigenvalue weighted by Crippen LogP contribution is 2.21. The summed E-state index contributed by atoms with van der Waals surface area (Å²) in [5.74, 6) is -3.65. The van der Waals surface area contributed by atoms with Gasteiger partial charge in [0.1, 0.15) is 0 Å². The molecule has 0 unspecified atom stereocenters. The van der Waals surface area contributed by atoms with Crippen molar-refractivity contribution in [1.29, 1.82) is 0 Å². The molecular formula is C28H33N3O4. The van der Waals surface area contributed by atoms with Crippen molar-refractivity contribution in [1.82, 2.24) is 14.8 Å². The van der Waals surface area contributed by atoms with E-state index in [9.17, 15) is 0 Å². The van der Waals surface area contributed by atoms with Crippen LogP contribution in [0, 0.1) is 0 Å². The molecule has 0 radical (unpaired) electrons. The first-order valence-electron chi connectivity index (χ1n) is 11.9. The molecule has 1 aromatic heterocycles. The molecule has 0 bridgehead atoms. The molecule has 2 heterocycles. The van der Waals surface area contributed by atoms with Crippen LogP contribution in [0.3, 0.4) is 0 Å². The monoisotopic (exact) mass is 475 g/mol. The molecule has 35 heavy (non-hydrogen) atoms. The summed E-state index contributed by atoms with van der Waals surface area (Å²) in [6, 6.07) is 26.7. The number of hydrogen-bond donors (Lipinski definition) is 2. The van der Waals surface area contributed by atoms with E-state index in [0.29, 0.717) is 6.04 Å². The van der Waals surface area contributed by atoms with Crippen molar-refractivity contribution in [3.8, 4) is 0 Å². The van der Waals surface area contributed by atoms with Crippen LogP contribution in [-0.2, 0) is 29.1 Å². The first-order valence-corrected chi connectivity index (χ1v) is 11.9. The number of carbonyl (C=O) groups is 2. The maximum absolute atomic E-state index is 9.10. The Hall–Kier alpha value is -3.55. The third-order valence-electron chi connectivity index (χ3n) is 6.17. The third-order valence-corrected chi connectivity index (χ3v) is 6.17. The molecule has 7 nitrogen and oxygen atoms in total. The van der Waals surface area contributed by atoms with Crippen molar-refractivity contribution in [2.75, 3.05) is 19.6 Å². The number of likely N-dealkylation sites (tertiary alicyclic amines) is 1.